The number of thiazole rings is 1. The third-order valence-corrected chi connectivity index (χ3v) is 2.94. The molecule has 18 heavy (non-hydrogen) atoms. The van der Waals surface area contributed by atoms with Crippen LogP contribution in [0.4, 0.5) is 17.5 Å². The molecule has 2 aromatic rings. The van der Waals surface area contributed by atoms with Crippen molar-refractivity contribution >= 4 is 28.8 Å². The first-order valence-corrected chi connectivity index (χ1v) is 5.94. The average Bonchev–Trinajstić information content (AvgIpc) is 2.82. The molecule has 9 heteroatoms. The molecule has 2 aromatic heterocycles. The molecule has 2 heterocycles. The molecule has 0 bridgehead atoms. The van der Waals surface area contributed by atoms with Gasteiger partial charge in [0.05, 0.1) is 9.93 Å². The maximum absolute atomic E-state index is 10.8. The second-order valence-corrected chi connectivity index (χ2v) is 4.30. The van der Waals surface area contributed by atoms with Gasteiger partial charge in [0.1, 0.15) is 6.20 Å². The van der Waals surface area contributed by atoms with E-state index in [2.05, 4.69) is 20.3 Å². The van der Waals surface area contributed by atoms with Crippen LogP contribution in [0.5, 0.6) is 0 Å². The molecule has 0 aliphatic heterocycles. The lowest BCUT2D eigenvalue weighted by atomic mass is 10.4. The lowest BCUT2D eigenvalue weighted by Crippen LogP contribution is -2.10. The van der Waals surface area contributed by atoms with E-state index in [1.54, 1.807) is 6.20 Å². The minimum Gasteiger partial charge on any atom is -0.368 e. The van der Waals surface area contributed by atoms with E-state index in [9.17, 15) is 10.1 Å². The van der Waals surface area contributed by atoms with Crippen LogP contribution in [-0.2, 0) is 6.42 Å². The van der Waals surface area contributed by atoms with Crippen molar-refractivity contribution in [3.8, 4) is 0 Å². The van der Waals surface area contributed by atoms with Crippen LogP contribution in [0, 0.1) is 10.1 Å². The molecule has 0 amide bonds. The largest absolute Gasteiger partial charge is 0.368 e. The Morgan fingerprint density at radius 2 is 2.33 bits per heavy atom. The molecule has 94 valence electrons. The fourth-order valence-corrected chi connectivity index (χ4v) is 1.94. The highest BCUT2D eigenvalue weighted by Gasteiger charge is 2.16. The first kappa shape index (κ1) is 12.2. The van der Waals surface area contributed by atoms with E-state index in [0.29, 0.717) is 13.0 Å². The number of aromatic nitrogens is 3. The highest BCUT2D eigenvalue weighted by Crippen LogP contribution is 2.20. The van der Waals surface area contributed by atoms with E-state index < -0.39 is 4.92 Å². The predicted octanol–water partition coefficient (Wildman–Crippen LogP) is 1.08. The lowest BCUT2D eigenvalue weighted by Gasteiger charge is -2.05. The summed E-state index contributed by atoms with van der Waals surface area (Å²) in [6.45, 7) is 0.491. The standard InChI is InChI=1S/C9H10N6O2S/c10-9-13-5-6(15(16)17)8(14-9)12-2-1-7-11-3-4-18-7/h3-5H,1-2H2,(H3,10,12,13,14). The molecule has 0 saturated carbocycles. The van der Waals surface area contributed by atoms with Gasteiger partial charge in [-0.3, -0.25) is 10.1 Å². The van der Waals surface area contributed by atoms with Crippen LogP contribution in [-0.4, -0.2) is 26.4 Å². The smallest absolute Gasteiger partial charge is 0.329 e. The summed E-state index contributed by atoms with van der Waals surface area (Å²) in [6.07, 6.45) is 3.47. The Labute approximate surface area is 106 Å². The van der Waals surface area contributed by atoms with Crippen LogP contribution in [0.1, 0.15) is 5.01 Å². The number of nitro groups is 1. The van der Waals surface area contributed by atoms with Gasteiger partial charge >= 0.3 is 5.69 Å². The second kappa shape index (κ2) is 5.36. The van der Waals surface area contributed by atoms with E-state index in [0.717, 1.165) is 11.2 Å². The quantitative estimate of drug-likeness (QED) is 0.613. The predicted molar refractivity (Wildman–Crippen MR) is 67.4 cm³/mol. The first-order chi connectivity index (χ1) is 8.66. The molecule has 8 nitrogen and oxygen atoms in total. The lowest BCUT2D eigenvalue weighted by molar-refractivity contribution is -0.384. The molecule has 0 spiro atoms. The van der Waals surface area contributed by atoms with Crippen molar-refractivity contribution in [1.82, 2.24) is 15.0 Å². The van der Waals surface area contributed by atoms with Gasteiger partial charge in [-0.25, -0.2) is 9.97 Å². The summed E-state index contributed by atoms with van der Waals surface area (Å²) in [7, 11) is 0. The normalized spacial score (nSPS) is 10.2. The van der Waals surface area contributed by atoms with Gasteiger partial charge in [0.2, 0.25) is 11.8 Å². The minimum atomic E-state index is -0.550. The SMILES string of the molecule is Nc1ncc([N+](=O)[O-])c(NCCc2nccs2)n1. The monoisotopic (exact) mass is 266 g/mol. The zero-order chi connectivity index (χ0) is 13.0. The van der Waals surface area contributed by atoms with E-state index in [1.807, 2.05) is 5.38 Å². The van der Waals surface area contributed by atoms with Crippen LogP contribution < -0.4 is 11.1 Å². The van der Waals surface area contributed by atoms with E-state index in [4.69, 9.17) is 5.73 Å². The van der Waals surface area contributed by atoms with Gasteiger partial charge in [0.15, 0.2) is 0 Å². The van der Waals surface area contributed by atoms with Crippen molar-refractivity contribution < 1.29 is 4.92 Å². The molecular weight excluding hydrogens is 256 g/mol. The van der Waals surface area contributed by atoms with Gasteiger partial charge in [-0.1, -0.05) is 0 Å². The number of nitrogens with two attached hydrogens (primary N) is 1. The number of nitrogens with zero attached hydrogens (tertiary/aromatic N) is 4. The zero-order valence-corrected chi connectivity index (χ0v) is 10.1. The molecule has 0 aliphatic rings. The van der Waals surface area contributed by atoms with E-state index in [1.165, 1.54) is 11.3 Å². The van der Waals surface area contributed by atoms with Gasteiger partial charge < -0.3 is 11.1 Å². The van der Waals surface area contributed by atoms with Crippen LogP contribution in [0.3, 0.4) is 0 Å². The average molecular weight is 266 g/mol. The summed E-state index contributed by atoms with van der Waals surface area (Å²) in [6, 6.07) is 0. The molecule has 0 saturated heterocycles. The van der Waals surface area contributed by atoms with Crippen LogP contribution in [0.15, 0.2) is 17.8 Å². The van der Waals surface area contributed by atoms with Gasteiger partial charge in [-0.15, -0.1) is 11.3 Å². The summed E-state index contributed by atoms with van der Waals surface area (Å²) in [4.78, 5) is 21.7. The maximum Gasteiger partial charge on any atom is 0.329 e. The Morgan fingerprint density at radius 3 is 3.00 bits per heavy atom. The van der Waals surface area contributed by atoms with Crippen molar-refractivity contribution in [2.75, 3.05) is 17.6 Å². The minimum absolute atomic E-state index is 0.00245. The number of rotatable bonds is 5. The number of nitrogen functional groups attached to an aromatic ring is 1. The Balaban J connectivity index is 2.03. The van der Waals surface area contributed by atoms with Crippen LogP contribution in [0.2, 0.25) is 0 Å². The van der Waals surface area contributed by atoms with Gasteiger partial charge in [0.25, 0.3) is 0 Å². The number of nitrogens with one attached hydrogen (secondary N) is 1. The number of anilines is 2. The molecule has 0 unspecified atom stereocenters. The first-order valence-electron chi connectivity index (χ1n) is 5.06. The summed E-state index contributed by atoms with van der Waals surface area (Å²) < 4.78 is 0. The van der Waals surface area contributed by atoms with Crippen molar-refractivity contribution in [3.05, 3.63) is 32.9 Å². The van der Waals surface area contributed by atoms with Gasteiger partial charge in [-0.2, -0.15) is 4.98 Å². The Bertz CT molecular complexity index is 544. The summed E-state index contributed by atoms with van der Waals surface area (Å²) in [5.74, 6) is 0.126. The Hall–Kier alpha value is -2.29. The van der Waals surface area contributed by atoms with Crippen LogP contribution >= 0.6 is 11.3 Å². The van der Waals surface area contributed by atoms with E-state index in [-0.39, 0.29) is 17.5 Å². The van der Waals surface area contributed by atoms with Gasteiger partial charge in [0, 0.05) is 24.5 Å². The molecule has 3 N–H and O–H groups in total. The molecule has 0 atom stereocenters. The number of hydrogen-bond acceptors (Lipinski definition) is 8. The van der Waals surface area contributed by atoms with Crippen molar-refractivity contribution in [1.29, 1.82) is 0 Å². The van der Waals surface area contributed by atoms with Crippen molar-refractivity contribution in [2.24, 2.45) is 0 Å². The third-order valence-electron chi connectivity index (χ3n) is 2.10. The molecule has 0 fully saturated rings. The summed E-state index contributed by atoms with van der Waals surface area (Å²) >= 11 is 1.53. The molecular formula is C9H10N6O2S. The fraction of sp³-hybridized carbons (Fsp3) is 0.222. The third kappa shape index (κ3) is 2.88. The molecule has 0 aliphatic carbocycles. The molecule has 2 rings (SSSR count). The highest BCUT2D eigenvalue weighted by atomic mass is 32.1. The molecule has 0 aromatic carbocycles. The van der Waals surface area contributed by atoms with E-state index >= 15 is 0 Å². The topological polar surface area (TPSA) is 120 Å². The summed E-state index contributed by atoms with van der Waals surface area (Å²) in [5.41, 5.74) is 5.21. The van der Waals surface area contributed by atoms with Gasteiger partial charge in [-0.05, 0) is 0 Å². The fourth-order valence-electron chi connectivity index (χ4n) is 1.32. The maximum atomic E-state index is 10.8. The van der Waals surface area contributed by atoms with Crippen molar-refractivity contribution in [2.45, 2.75) is 6.42 Å². The zero-order valence-electron chi connectivity index (χ0n) is 9.24. The molecule has 0 radical (unpaired) electrons. The Kier molecular flexibility index (Phi) is 3.63. The van der Waals surface area contributed by atoms with Crippen molar-refractivity contribution in [3.63, 3.8) is 0 Å². The highest BCUT2D eigenvalue weighted by molar-refractivity contribution is 7.09. The number of hydrogen-bond donors (Lipinski definition) is 2. The Morgan fingerprint density at radius 1 is 1.50 bits per heavy atom. The second-order valence-electron chi connectivity index (χ2n) is 3.32. The van der Waals surface area contributed by atoms with Crippen LogP contribution in [0.25, 0.3) is 0 Å². The summed E-state index contributed by atoms with van der Waals surface area (Å²) in [5, 5.41) is 16.5.